The molecule has 0 aliphatic rings. The molecule has 0 bridgehead atoms. The van der Waals surface area contributed by atoms with Crippen molar-refractivity contribution in [1.82, 2.24) is 4.98 Å². The molecular formula is C10H9BrF3NO2. The summed E-state index contributed by atoms with van der Waals surface area (Å²) in [4.78, 5) is 14.2. The number of halogens is 4. The van der Waals surface area contributed by atoms with E-state index in [1.807, 2.05) is 0 Å². The van der Waals surface area contributed by atoms with E-state index in [1.54, 1.807) is 0 Å². The van der Waals surface area contributed by atoms with E-state index in [0.717, 1.165) is 7.11 Å². The molecule has 0 atom stereocenters. The molecule has 0 aromatic carbocycles. The topological polar surface area (TPSA) is 39.2 Å². The largest absolute Gasteiger partial charge is 0.469 e. The van der Waals surface area contributed by atoms with Crippen molar-refractivity contribution in [1.29, 1.82) is 0 Å². The Labute approximate surface area is 104 Å². The van der Waals surface area contributed by atoms with E-state index in [-0.39, 0.29) is 22.9 Å². The molecule has 0 N–H and O–H groups in total. The van der Waals surface area contributed by atoms with Gasteiger partial charge in [-0.05, 0) is 11.6 Å². The molecule has 7 heteroatoms. The summed E-state index contributed by atoms with van der Waals surface area (Å²) >= 11 is 3.00. The zero-order chi connectivity index (χ0) is 13.0. The molecule has 0 radical (unpaired) electrons. The molecule has 1 aromatic heterocycles. The van der Waals surface area contributed by atoms with E-state index < -0.39 is 24.0 Å². The number of rotatable bonds is 4. The summed E-state index contributed by atoms with van der Waals surface area (Å²) in [5.74, 6) is -1.65. The van der Waals surface area contributed by atoms with Gasteiger partial charge in [-0.1, -0.05) is 15.9 Å². The Hall–Kier alpha value is -1.11. The standard InChI is InChI=1S/C10H9BrF3NO2/c1-17-7(16)3-5-2-6(4-11)10(14)15-8(5)9(12)13/h2,9H,3-4H2,1H3. The SMILES string of the molecule is COC(=O)Cc1cc(CBr)c(F)nc1C(F)F. The Balaban J connectivity index is 3.19. The summed E-state index contributed by atoms with van der Waals surface area (Å²) in [5, 5.41) is 0.128. The molecule has 0 unspecified atom stereocenters. The number of methoxy groups -OCH3 is 1. The Morgan fingerprint density at radius 2 is 2.18 bits per heavy atom. The van der Waals surface area contributed by atoms with E-state index in [2.05, 4.69) is 25.7 Å². The lowest BCUT2D eigenvalue weighted by Crippen LogP contribution is -2.10. The van der Waals surface area contributed by atoms with Gasteiger partial charge in [-0.25, -0.2) is 13.8 Å². The minimum atomic E-state index is -2.94. The van der Waals surface area contributed by atoms with Crippen molar-refractivity contribution in [2.75, 3.05) is 7.11 Å². The minimum Gasteiger partial charge on any atom is -0.469 e. The summed E-state index contributed by atoms with van der Waals surface area (Å²) in [6.07, 6.45) is -3.29. The monoisotopic (exact) mass is 311 g/mol. The maximum atomic E-state index is 13.2. The Bertz CT molecular complexity index is 426. The number of carbonyl (C=O) groups excluding carboxylic acids is 1. The fourth-order valence-corrected chi connectivity index (χ4v) is 1.64. The van der Waals surface area contributed by atoms with Gasteiger partial charge >= 0.3 is 5.97 Å². The maximum Gasteiger partial charge on any atom is 0.310 e. The molecule has 0 aliphatic heterocycles. The molecule has 0 saturated carbocycles. The highest BCUT2D eigenvalue weighted by atomic mass is 79.9. The van der Waals surface area contributed by atoms with Gasteiger partial charge in [-0.15, -0.1) is 0 Å². The highest BCUT2D eigenvalue weighted by Crippen LogP contribution is 2.24. The van der Waals surface area contributed by atoms with Crippen LogP contribution in [-0.4, -0.2) is 18.1 Å². The zero-order valence-corrected chi connectivity index (χ0v) is 10.4. The number of nitrogens with zero attached hydrogens (tertiary/aromatic N) is 1. The summed E-state index contributed by atoms with van der Waals surface area (Å²) in [6, 6.07) is 1.19. The van der Waals surface area contributed by atoms with E-state index in [9.17, 15) is 18.0 Å². The number of hydrogen-bond acceptors (Lipinski definition) is 3. The van der Waals surface area contributed by atoms with Crippen molar-refractivity contribution >= 4 is 21.9 Å². The number of pyridine rings is 1. The molecule has 1 aromatic rings. The van der Waals surface area contributed by atoms with Gasteiger partial charge in [-0.2, -0.15) is 4.39 Å². The van der Waals surface area contributed by atoms with Crippen LogP contribution in [0.5, 0.6) is 0 Å². The lowest BCUT2D eigenvalue weighted by atomic mass is 10.1. The summed E-state index contributed by atoms with van der Waals surface area (Å²) in [6.45, 7) is 0. The second-order valence-electron chi connectivity index (χ2n) is 3.17. The van der Waals surface area contributed by atoms with Crippen molar-refractivity contribution in [3.05, 3.63) is 28.8 Å². The fourth-order valence-electron chi connectivity index (χ4n) is 1.25. The predicted molar refractivity (Wildman–Crippen MR) is 57.5 cm³/mol. The maximum absolute atomic E-state index is 13.2. The lowest BCUT2D eigenvalue weighted by Gasteiger charge is -2.09. The third-order valence-corrected chi connectivity index (χ3v) is 2.68. The number of aromatic nitrogens is 1. The van der Waals surface area contributed by atoms with Crippen LogP contribution in [0.25, 0.3) is 0 Å². The van der Waals surface area contributed by atoms with Crippen LogP contribution >= 0.6 is 15.9 Å². The van der Waals surface area contributed by atoms with E-state index in [1.165, 1.54) is 6.07 Å². The van der Waals surface area contributed by atoms with Crippen LogP contribution < -0.4 is 0 Å². The fraction of sp³-hybridized carbons (Fsp3) is 0.400. The third-order valence-electron chi connectivity index (χ3n) is 2.07. The second kappa shape index (κ2) is 6.00. The normalized spacial score (nSPS) is 10.7. The molecule has 94 valence electrons. The molecule has 0 fully saturated rings. The summed E-state index contributed by atoms with van der Waals surface area (Å²) in [7, 11) is 1.15. The van der Waals surface area contributed by atoms with Crippen molar-refractivity contribution in [2.24, 2.45) is 0 Å². The first-order valence-electron chi connectivity index (χ1n) is 4.58. The van der Waals surface area contributed by atoms with Crippen molar-refractivity contribution < 1.29 is 22.7 Å². The average Bonchev–Trinajstić information content (AvgIpc) is 2.30. The molecular weight excluding hydrogens is 303 g/mol. The van der Waals surface area contributed by atoms with E-state index >= 15 is 0 Å². The van der Waals surface area contributed by atoms with Crippen molar-refractivity contribution in [2.45, 2.75) is 18.2 Å². The first-order chi connectivity index (χ1) is 7.99. The van der Waals surface area contributed by atoms with Gasteiger partial charge < -0.3 is 4.74 Å². The van der Waals surface area contributed by atoms with Crippen LogP contribution in [0, 0.1) is 5.95 Å². The molecule has 3 nitrogen and oxygen atoms in total. The number of esters is 1. The van der Waals surface area contributed by atoms with E-state index in [4.69, 9.17) is 0 Å². The van der Waals surface area contributed by atoms with E-state index in [0.29, 0.717) is 0 Å². The van der Waals surface area contributed by atoms with Crippen molar-refractivity contribution in [3.8, 4) is 0 Å². The van der Waals surface area contributed by atoms with Gasteiger partial charge in [0, 0.05) is 10.9 Å². The number of carbonyl (C=O) groups is 1. The van der Waals surface area contributed by atoms with Gasteiger partial charge in [-0.3, -0.25) is 4.79 Å². The Morgan fingerprint density at radius 1 is 1.53 bits per heavy atom. The lowest BCUT2D eigenvalue weighted by molar-refractivity contribution is -0.139. The molecule has 1 heterocycles. The Morgan fingerprint density at radius 3 is 2.65 bits per heavy atom. The first-order valence-corrected chi connectivity index (χ1v) is 5.70. The summed E-state index contributed by atoms with van der Waals surface area (Å²) < 4.78 is 42.8. The highest BCUT2D eigenvalue weighted by Gasteiger charge is 2.20. The van der Waals surface area contributed by atoms with Crippen LogP contribution in [-0.2, 0) is 21.3 Å². The minimum absolute atomic E-state index is 0.0253. The van der Waals surface area contributed by atoms with Crippen LogP contribution in [0.3, 0.4) is 0 Å². The van der Waals surface area contributed by atoms with Gasteiger partial charge in [0.15, 0.2) is 0 Å². The molecule has 1 rings (SSSR count). The number of hydrogen-bond donors (Lipinski definition) is 0. The van der Waals surface area contributed by atoms with Crippen LogP contribution in [0.2, 0.25) is 0 Å². The second-order valence-corrected chi connectivity index (χ2v) is 3.73. The smallest absolute Gasteiger partial charge is 0.310 e. The van der Waals surface area contributed by atoms with Gasteiger partial charge in [0.05, 0.1) is 13.5 Å². The molecule has 0 saturated heterocycles. The van der Waals surface area contributed by atoms with Crippen molar-refractivity contribution in [3.63, 3.8) is 0 Å². The third kappa shape index (κ3) is 3.42. The quantitative estimate of drug-likeness (QED) is 0.487. The highest BCUT2D eigenvalue weighted by molar-refractivity contribution is 9.08. The molecule has 0 spiro atoms. The van der Waals surface area contributed by atoms with Gasteiger partial charge in [0.1, 0.15) is 5.69 Å². The summed E-state index contributed by atoms with van der Waals surface area (Å²) in [5.41, 5.74) is -0.631. The number of alkyl halides is 3. The predicted octanol–water partition coefficient (Wildman–Crippen LogP) is 2.77. The first kappa shape index (κ1) is 14.0. The van der Waals surface area contributed by atoms with Crippen LogP contribution in [0.4, 0.5) is 13.2 Å². The van der Waals surface area contributed by atoms with Gasteiger partial charge in [0.2, 0.25) is 5.95 Å². The zero-order valence-electron chi connectivity index (χ0n) is 8.84. The molecule has 0 amide bonds. The average molecular weight is 312 g/mol. The van der Waals surface area contributed by atoms with Gasteiger partial charge in [0.25, 0.3) is 6.43 Å². The molecule has 17 heavy (non-hydrogen) atoms. The molecule has 0 aliphatic carbocycles. The van der Waals surface area contributed by atoms with Crippen LogP contribution in [0.1, 0.15) is 23.2 Å². The Kier molecular flexibility index (Phi) is 4.92. The van der Waals surface area contributed by atoms with Crippen LogP contribution in [0.15, 0.2) is 6.07 Å². The number of ether oxygens (including phenoxy) is 1.